The summed E-state index contributed by atoms with van der Waals surface area (Å²) in [4.78, 5) is 18.2. The van der Waals surface area contributed by atoms with Crippen LogP contribution in [0.5, 0.6) is 5.75 Å². The average Bonchev–Trinajstić information content (AvgIpc) is 2.89. The van der Waals surface area contributed by atoms with E-state index in [0.717, 1.165) is 32.8 Å². The lowest BCUT2D eigenvalue weighted by Gasteiger charge is -2.13. The fourth-order valence-electron chi connectivity index (χ4n) is 4.12. The van der Waals surface area contributed by atoms with Gasteiger partial charge < -0.3 is 4.74 Å². The third-order valence-corrected chi connectivity index (χ3v) is 6.78. The molecule has 180 valence electrons. The first kappa shape index (κ1) is 24.2. The standard InChI is InChI=1S/C29H23BrClN3O2/c1-2-7-28-33-26-14-13-21(30)16-23(26)29(35)34(28)32-17-24-22-10-5-3-8-19(22)12-15-27(24)36-18-20-9-4-6-11-25(20)31/h3-6,8-17H,2,7,18H2,1H3. The Balaban J connectivity index is 1.62. The van der Waals surface area contributed by atoms with Crippen LogP contribution in [-0.2, 0) is 13.0 Å². The van der Waals surface area contributed by atoms with Crippen molar-refractivity contribution in [1.29, 1.82) is 0 Å². The summed E-state index contributed by atoms with van der Waals surface area (Å²) < 4.78 is 8.43. The second kappa shape index (κ2) is 10.6. The summed E-state index contributed by atoms with van der Waals surface area (Å²) in [5.41, 5.74) is 2.12. The predicted octanol–water partition coefficient (Wildman–Crippen LogP) is 7.38. The maximum Gasteiger partial charge on any atom is 0.282 e. The number of ether oxygens (including phenoxy) is 1. The van der Waals surface area contributed by atoms with Crippen LogP contribution in [0.4, 0.5) is 0 Å². The molecule has 0 bridgehead atoms. The van der Waals surface area contributed by atoms with Gasteiger partial charge in [-0.2, -0.15) is 9.78 Å². The number of hydrogen-bond donors (Lipinski definition) is 0. The van der Waals surface area contributed by atoms with E-state index in [4.69, 9.17) is 21.3 Å². The first-order valence-electron chi connectivity index (χ1n) is 11.7. The Morgan fingerprint density at radius 2 is 1.83 bits per heavy atom. The van der Waals surface area contributed by atoms with Gasteiger partial charge in [0.05, 0.1) is 17.1 Å². The van der Waals surface area contributed by atoms with Crippen molar-refractivity contribution in [2.75, 3.05) is 0 Å². The van der Waals surface area contributed by atoms with E-state index in [-0.39, 0.29) is 5.56 Å². The van der Waals surface area contributed by atoms with Gasteiger partial charge in [0.15, 0.2) is 0 Å². The summed E-state index contributed by atoms with van der Waals surface area (Å²) >= 11 is 9.79. The van der Waals surface area contributed by atoms with Gasteiger partial charge in [-0.15, -0.1) is 0 Å². The summed E-state index contributed by atoms with van der Waals surface area (Å²) in [6.07, 6.45) is 3.16. The number of aryl methyl sites for hydroxylation is 1. The van der Waals surface area contributed by atoms with Crippen LogP contribution in [0.2, 0.25) is 5.02 Å². The van der Waals surface area contributed by atoms with Crippen LogP contribution in [0, 0.1) is 0 Å². The lowest BCUT2D eigenvalue weighted by atomic mass is 10.0. The van der Waals surface area contributed by atoms with Crippen LogP contribution in [0.3, 0.4) is 0 Å². The maximum atomic E-state index is 13.4. The van der Waals surface area contributed by atoms with Gasteiger partial charge in [0, 0.05) is 27.0 Å². The number of aromatic nitrogens is 2. The SMILES string of the molecule is CCCc1nc2ccc(Br)cc2c(=O)n1N=Cc1c(OCc2ccccc2Cl)ccc2ccccc12. The molecule has 36 heavy (non-hydrogen) atoms. The number of nitrogens with zero attached hydrogens (tertiary/aromatic N) is 3. The van der Waals surface area contributed by atoms with Crippen LogP contribution in [0.15, 0.2) is 93.2 Å². The van der Waals surface area contributed by atoms with Gasteiger partial charge >= 0.3 is 0 Å². The molecule has 5 nitrogen and oxygen atoms in total. The summed E-state index contributed by atoms with van der Waals surface area (Å²) in [6, 6.07) is 25.1. The zero-order valence-corrected chi connectivity index (χ0v) is 22.0. The first-order valence-corrected chi connectivity index (χ1v) is 12.9. The van der Waals surface area contributed by atoms with Gasteiger partial charge in [0.25, 0.3) is 5.56 Å². The Labute approximate surface area is 222 Å². The van der Waals surface area contributed by atoms with Crippen molar-refractivity contribution >= 4 is 55.4 Å². The van der Waals surface area contributed by atoms with E-state index < -0.39 is 0 Å². The lowest BCUT2D eigenvalue weighted by molar-refractivity contribution is 0.306. The molecule has 1 aromatic heterocycles. The highest BCUT2D eigenvalue weighted by molar-refractivity contribution is 9.10. The molecule has 0 radical (unpaired) electrons. The smallest absolute Gasteiger partial charge is 0.282 e. The molecule has 0 fully saturated rings. The molecule has 0 spiro atoms. The van der Waals surface area contributed by atoms with Crippen molar-refractivity contribution in [3.8, 4) is 5.75 Å². The molecule has 0 amide bonds. The summed E-state index contributed by atoms with van der Waals surface area (Å²) in [7, 11) is 0. The summed E-state index contributed by atoms with van der Waals surface area (Å²) in [6.45, 7) is 2.36. The minimum Gasteiger partial charge on any atom is -0.488 e. The Morgan fingerprint density at radius 3 is 2.67 bits per heavy atom. The molecular formula is C29H23BrClN3O2. The van der Waals surface area contributed by atoms with Gasteiger partial charge in [-0.3, -0.25) is 4.79 Å². The molecule has 1 heterocycles. The van der Waals surface area contributed by atoms with Crippen molar-refractivity contribution in [2.45, 2.75) is 26.4 Å². The molecule has 5 rings (SSSR count). The average molecular weight is 561 g/mol. The zero-order valence-electron chi connectivity index (χ0n) is 19.6. The third-order valence-electron chi connectivity index (χ3n) is 5.92. The Bertz CT molecular complexity index is 1660. The van der Waals surface area contributed by atoms with Crippen molar-refractivity contribution in [3.05, 3.63) is 116 Å². The lowest BCUT2D eigenvalue weighted by Crippen LogP contribution is -2.22. The Morgan fingerprint density at radius 1 is 1.03 bits per heavy atom. The molecular weight excluding hydrogens is 538 g/mol. The van der Waals surface area contributed by atoms with Crippen molar-refractivity contribution in [2.24, 2.45) is 5.10 Å². The van der Waals surface area contributed by atoms with Crippen LogP contribution >= 0.6 is 27.5 Å². The van der Waals surface area contributed by atoms with Crippen molar-refractivity contribution in [1.82, 2.24) is 9.66 Å². The first-order chi connectivity index (χ1) is 17.5. The number of benzene rings is 4. The minimum atomic E-state index is -0.209. The highest BCUT2D eigenvalue weighted by atomic mass is 79.9. The van der Waals surface area contributed by atoms with Crippen molar-refractivity contribution < 1.29 is 4.74 Å². The van der Waals surface area contributed by atoms with E-state index in [2.05, 4.69) is 28.0 Å². The predicted molar refractivity (Wildman–Crippen MR) is 150 cm³/mol. The van der Waals surface area contributed by atoms with E-state index in [1.807, 2.05) is 72.8 Å². The topological polar surface area (TPSA) is 56.5 Å². The van der Waals surface area contributed by atoms with Crippen LogP contribution in [-0.4, -0.2) is 15.9 Å². The van der Waals surface area contributed by atoms with Gasteiger partial charge in [0.1, 0.15) is 18.2 Å². The molecule has 0 saturated carbocycles. The second-order valence-electron chi connectivity index (χ2n) is 8.38. The molecule has 0 aliphatic rings. The monoisotopic (exact) mass is 559 g/mol. The van der Waals surface area contributed by atoms with Crippen LogP contribution < -0.4 is 10.3 Å². The van der Waals surface area contributed by atoms with E-state index in [0.29, 0.717) is 40.5 Å². The van der Waals surface area contributed by atoms with E-state index in [1.54, 1.807) is 12.3 Å². The quantitative estimate of drug-likeness (QED) is 0.195. The Hall–Kier alpha value is -3.48. The highest BCUT2D eigenvalue weighted by Crippen LogP contribution is 2.28. The fourth-order valence-corrected chi connectivity index (χ4v) is 4.67. The minimum absolute atomic E-state index is 0.209. The van der Waals surface area contributed by atoms with Crippen molar-refractivity contribution in [3.63, 3.8) is 0 Å². The molecule has 0 aliphatic heterocycles. The highest BCUT2D eigenvalue weighted by Gasteiger charge is 2.13. The molecule has 0 saturated heterocycles. The summed E-state index contributed by atoms with van der Waals surface area (Å²) in [5, 5.41) is 7.83. The second-order valence-corrected chi connectivity index (χ2v) is 9.70. The normalized spacial score (nSPS) is 11.5. The molecule has 0 atom stereocenters. The van der Waals surface area contributed by atoms with Crippen LogP contribution in [0.25, 0.3) is 21.7 Å². The molecule has 0 N–H and O–H groups in total. The van der Waals surface area contributed by atoms with Gasteiger partial charge in [-0.25, -0.2) is 4.98 Å². The fraction of sp³-hybridized carbons (Fsp3) is 0.138. The molecule has 4 aromatic carbocycles. The molecule has 5 aromatic rings. The molecule has 0 unspecified atom stereocenters. The number of fused-ring (bicyclic) bond motifs is 2. The summed E-state index contributed by atoms with van der Waals surface area (Å²) in [5.74, 6) is 1.27. The van der Waals surface area contributed by atoms with Gasteiger partial charge in [-0.05, 0) is 47.5 Å². The number of hydrogen-bond acceptors (Lipinski definition) is 4. The van der Waals surface area contributed by atoms with E-state index in [9.17, 15) is 4.79 Å². The Kier molecular flexibility index (Phi) is 7.16. The van der Waals surface area contributed by atoms with E-state index >= 15 is 0 Å². The van der Waals surface area contributed by atoms with Gasteiger partial charge in [0.2, 0.25) is 0 Å². The largest absolute Gasteiger partial charge is 0.488 e. The van der Waals surface area contributed by atoms with Gasteiger partial charge in [-0.1, -0.05) is 83.0 Å². The molecule has 0 aliphatic carbocycles. The zero-order chi connectivity index (χ0) is 25.1. The maximum absolute atomic E-state index is 13.4. The number of rotatable bonds is 7. The molecule has 7 heteroatoms. The van der Waals surface area contributed by atoms with Crippen LogP contribution in [0.1, 0.15) is 30.3 Å². The van der Waals surface area contributed by atoms with E-state index in [1.165, 1.54) is 4.68 Å². The number of halogens is 2. The third kappa shape index (κ3) is 4.92.